The van der Waals surface area contributed by atoms with Gasteiger partial charge in [-0.3, -0.25) is 4.68 Å². The predicted octanol–water partition coefficient (Wildman–Crippen LogP) is 0.115. The topological polar surface area (TPSA) is 62.1 Å². The van der Waals surface area contributed by atoms with E-state index in [1.54, 1.807) is 0 Å². The number of nitrogens with one attached hydrogen (secondary N) is 2. The molecule has 0 bridgehead atoms. The number of alkyl halides is 3. The van der Waals surface area contributed by atoms with Crippen molar-refractivity contribution in [1.29, 1.82) is 0 Å². The molecule has 0 radical (unpaired) electrons. The third-order valence-corrected chi connectivity index (χ3v) is 3.07. The number of hydrogen-bond donors (Lipinski definition) is 3. The smallest absolute Gasteiger partial charge is 0.391 e. The number of aromatic nitrogens is 2. The Balaban J connectivity index is 1.74. The van der Waals surface area contributed by atoms with Crippen LogP contribution in [0.25, 0.3) is 0 Å². The first-order valence-electron chi connectivity index (χ1n) is 6.11. The minimum Gasteiger partial charge on any atom is -0.391 e. The molecule has 0 aromatic carbocycles. The van der Waals surface area contributed by atoms with Gasteiger partial charge in [0.15, 0.2) is 0 Å². The van der Waals surface area contributed by atoms with Crippen molar-refractivity contribution < 1.29 is 18.3 Å². The molecule has 2 atom stereocenters. The molecule has 0 spiro atoms. The summed E-state index contributed by atoms with van der Waals surface area (Å²) in [4.78, 5) is 0. The van der Waals surface area contributed by atoms with Gasteiger partial charge in [0.05, 0.1) is 12.3 Å². The molecule has 19 heavy (non-hydrogen) atoms. The summed E-state index contributed by atoms with van der Waals surface area (Å²) >= 11 is 0. The van der Waals surface area contributed by atoms with Gasteiger partial charge in [0.1, 0.15) is 6.54 Å². The molecule has 2 rings (SSSR count). The van der Waals surface area contributed by atoms with Crippen LogP contribution in [-0.2, 0) is 13.1 Å². The molecule has 1 saturated heterocycles. The average molecular weight is 278 g/mol. The lowest BCUT2D eigenvalue weighted by Gasteiger charge is -2.13. The summed E-state index contributed by atoms with van der Waals surface area (Å²) in [5, 5.41) is 19.4. The highest BCUT2D eigenvalue weighted by atomic mass is 19.4. The zero-order valence-corrected chi connectivity index (χ0v) is 10.3. The van der Waals surface area contributed by atoms with Crippen LogP contribution in [0.15, 0.2) is 12.4 Å². The lowest BCUT2D eigenvalue weighted by atomic mass is 10.1. The normalized spacial score (nSPS) is 24.0. The van der Waals surface area contributed by atoms with E-state index < -0.39 is 12.7 Å². The van der Waals surface area contributed by atoms with E-state index in [-0.39, 0.29) is 12.0 Å². The van der Waals surface area contributed by atoms with Gasteiger partial charge in [-0.1, -0.05) is 0 Å². The van der Waals surface area contributed by atoms with Gasteiger partial charge < -0.3 is 15.7 Å². The number of β-amino-alcohol motifs (C(OH)–C–C–N with tert-alkyl or cyclic N) is 1. The predicted molar refractivity (Wildman–Crippen MR) is 62.4 cm³/mol. The molecule has 8 heteroatoms. The number of rotatable bonds is 5. The maximum Gasteiger partial charge on any atom is 0.408 e. The van der Waals surface area contributed by atoms with Gasteiger partial charge in [0, 0.05) is 43.9 Å². The van der Waals surface area contributed by atoms with Crippen LogP contribution < -0.4 is 10.6 Å². The van der Waals surface area contributed by atoms with E-state index in [0.29, 0.717) is 25.2 Å². The highest BCUT2D eigenvalue weighted by Crippen LogP contribution is 2.17. The van der Waals surface area contributed by atoms with Crippen molar-refractivity contribution in [1.82, 2.24) is 20.4 Å². The Morgan fingerprint density at radius 3 is 2.89 bits per heavy atom. The second-order valence-corrected chi connectivity index (χ2v) is 4.78. The van der Waals surface area contributed by atoms with Gasteiger partial charge >= 0.3 is 6.18 Å². The fourth-order valence-electron chi connectivity index (χ4n) is 2.10. The molecular formula is C11H17F3N4O. The monoisotopic (exact) mass is 278 g/mol. The summed E-state index contributed by atoms with van der Waals surface area (Å²) in [6, 6.07) is 0. The Bertz CT molecular complexity index is 407. The average Bonchev–Trinajstić information content (AvgIpc) is 2.87. The van der Waals surface area contributed by atoms with Crippen molar-refractivity contribution in [3.63, 3.8) is 0 Å². The number of aliphatic hydroxyl groups is 1. The van der Waals surface area contributed by atoms with Crippen LogP contribution in [0.2, 0.25) is 0 Å². The van der Waals surface area contributed by atoms with E-state index >= 15 is 0 Å². The van der Waals surface area contributed by atoms with E-state index in [1.165, 1.54) is 12.4 Å². The number of aliphatic hydroxyl groups excluding tert-OH is 1. The second kappa shape index (κ2) is 5.89. The van der Waals surface area contributed by atoms with Crippen molar-refractivity contribution in [2.24, 2.45) is 5.92 Å². The quantitative estimate of drug-likeness (QED) is 0.716. The Kier molecular flexibility index (Phi) is 4.43. The first-order chi connectivity index (χ1) is 8.94. The highest BCUT2D eigenvalue weighted by molar-refractivity contribution is 5.03. The lowest BCUT2D eigenvalue weighted by Crippen LogP contribution is -2.30. The Hall–Kier alpha value is -1.12. The van der Waals surface area contributed by atoms with E-state index in [4.69, 9.17) is 0 Å². The van der Waals surface area contributed by atoms with Gasteiger partial charge in [0.2, 0.25) is 0 Å². The molecule has 1 aliphatic rings. The van der Waals surface area contributed by atoms with E-state index in [9.17, 15) is 18.3 Å². The molecule has 0 amide bonds. The molecule has 1 aromatic rings. The molecule has 3 N–H and O–H groups in total. The molecule has 1 aromatic heterocycles. The second-order valence-electron chi connectivity index (χ2n) is 4.78. The van der Waals surface area contributed by atoms with Crippen LogP contribution >= 0.6 is 0 Å². The standard InChI is InChI=1S/C11H17F3N4O/c12-11(13,14)7-18-6-8(2-17-18)1-15-3-9-4-16-5-10(9)19/h2,6,9-10,15-16,19H,1,3-5,7H2. The van der Waals surface area contributed by atoms with Crippen LogP contribution in [0.1, 0.15) is 5.56 Å². The fourth-order valence-corrected chi connectivity index (χ4v) is 2.10. The Labute approximate surface area is 108 Å². The summed E-state index contributed by atoms with van der Waals surface area (Å²) in [5.41, 5.74) is 0.699. The third-order valence-electron chi connectivity index (χ3n) is 3.07. The van der Waals surface area contributed by atoms with Crippen molar-refractivity contribution in [2.75, 3.05) is 19.6 Å². The molecule has 5 nitrogen and oxygen atoms in total. The van der Waals surface area contributed by atoms with Crippen molar-refractivity contribution >= 4 is 0 Å². The summed E-state index contributed by atoms with van der Waals surface area (Å²) in [6.07, 6.45) is -1.82. The van der Waals surface area contributed by atoms with E-state index in [1.807, 2.05) is 0 Å². The molecule has 1 aliphatic heterocycles. The molecule has 0 aliphatic carbocycles. The van der Waals surface area contributed by atoms with Gasteiger partial charge in [-0.25, -0.2) is 0 Å². The number of nitrogens with zero attached hydrogens (tertiary/aromatic N) is 2. The van der Waals surface area contributed by atoms with Crippen LogP contribution in [0.4, 0.5) is 13.2 Å². The van der Waals surface area contributed by atoms with Crippen LogP contribution in [0, 0.1) is 5.92 Å². The van der Waals surface area contributed by atoms with Crippen molar-refractivity contribution in [3.05, 3.63) is 18.0 Å². The zero-order chi connectivity index (χ0) is 13.9. The Morgan fingerprint density at radius 2 is 2.26 bits per heavy atom. The van der Waals surface area contributed by atoms with Gasteiger partial charge in [-0.15, -0.1) is 0 Å². The molecular weight excluding hydrogens is 261 g/mol. The largest absolute Gasteiger partial charge is 0.408 e. The third kappa shape index (κ3) is 4.48. The summed E-state index contributed by atoms with van der Waals surface area (Å²) < 4.78 is 37.3. The van der Waals surface area contributed by atoms with E-state index in [0.717, 1.165) is 11.2 Å². The maximum atomic E-state index is 12.1. The molecule has 1 fully saturated rings. The molecule has 2 unspecified atom stereocenters. The van der Waals surface area contributed by atoms with Crippen molar-refractivity contribution in [2.45, 2.75) is 25.4 Å². The van der Waals surface area contributed by atoms with Crippen LogP contribution in [0.5, 0.6) is 0 Å². The first kappa shape index (κ1) is 14.3. The van der Waals surface area contributed by atoms with Crippen LogP contribution in [0.3, 0.4) is 0 Å². The van der Waals surface area contributed by atoms with Gasteiger partial charge in [-0.05, 0) is 0 Å². The van der Waals surface area contributed by atoms with E-state index in [2.05, 4.69) is 15.7 Å². The van der Waals surface area contributed by atoms with Crippen LogP contribution in [-0.4, -0.2) is 46.8 Å². The summed E-state index contributed by atoms with van der Waals surface area (Å²) in [5.74, 6) is 0.144. The highest BCUT2D eigenvalue weighted by Gasteiger charge is 2.28. The number of hydrogen-bond acceptors (Lipinski definition) is 4. The molecule has 2 heterocycles. The minimum atomic E-state index is -4.25. The molecule has 0 saturated carbocycles. The SMILES string of the molecule is OC1CNCC1CNCc1cnn(CC(F)(F)F)c1. The van der Waals surface area contributed by atoms with Gasteiger partial charge in [-0.2, -0.15) is 18.3 Å². The molecule has 108 valence electrons. The van der Waals surface area contributed by atoms with Gasteiger partial charge in [0.25, 0.3) is 0 Å². The zero-order valence-electron chi connectivity index (χ0n) is 10.3. The lowest BCUT2D eigenvalue weighted by molar-refractivity contribution is -0.142. The maximum absolute atomic E-state index is 12.1. The first-order valence-corrected chi connectivity index (χ1v) is 6.11. The minimum absolute atomic E-state index is 0.144. The summed E-state index contributed by atoms with van der Waals surface area (Å²) in [6.45, 7) is 1.34. The fraction of sp³-hybridized carbons (Fsp3) is 0.727. The Morgan fingerprint density at radius 1 is 1.47 bits per heavy atom. The summed E-state index contributed by atoms with van der Waals surface area (Å²) in [7, 11) is 0. The number of halogens is 3. The van der Waals surface area contributed by atoms with Crippen molar-refractivity contribution in [3.8, 4) is 0 Å².